The Kier molecular flexibility index (Phi) is 5.25. The summed E-state index contributed by atoms with van der Waals surface area (Å²) >= 11 is 5.46. The fourth-order valence-electron chi connectivity index (χ4n) is 0.970. The first-order chi connectivity index (χ1) is 5.56. The predicted molar refractivity (Wildman–Crippen MR) is 49.4 cm³/mol. The van der Waals surface area contributed by atoms with Crippen molar-refractivity contribution in [1.82, 2.24) is 0 Å². The third kappa shape index (κ3) is 3.41. The van der Waals surface area contributed by atoms with Gasteiger partial charge in [-0.15, -0.1) is 11.6 Å². The zero-order chi connectivity index (χ0) is 9.61. The van der Waals surface area contributed by atoms with Gasteiger partial charge in [0.25, 0.3) is 0 Å². The van der Waals surface area contributed by atoms with Crippen LogP contribution in [0.3, 0.4) is 0 Å². The van der Waals surface area contributed by atoms with Gasteiger partial charge >= 0.3 is 5.97 Å². The first kappa shape index (κ1) is 11.7. The van der Waals surface area contributed by atoms with Crippen LogP contribution in [0, 0.1) is 0 Å². The zero-order valence-corrected chi connectivity index (χ0v) is 8.10. The molecule has 0 aromatic carbocycles. The van der Waals surface area contributed by atoms with Crippen LogP contribution in [0.15, 0.2) is 0 Å². The van der Waals surface area contributed by atoms with Crippen LogP contribution in [-0.4, -0.2) is 22.5 Å². The lowest BCUT2D eigenvalue weighted by Crippen LogP contribution is -2.47. The number of carboxylic acid groups (broad SMARTS) is 1. The van der Waals surface area contributed by atoms with Crippen LogP contribution in [0.1, 0.15) is 32.6 Å². The Bertz CT molecular complexity index is 152. The third-order valence-electron chi connectivity index (χ3n) is 2.06. The van der Waals surface area contributed by atoms with Crippen molar-refractivity contribution >= 4 is 17.6 Å². The molecule has 0 radical (unpaired) electrons. The molecule has 0 saturated carbocycles. The van der Waals surface area contributed by atoms with Crippen molar-refractivity contribution in [3.63, 3.8) is 0 Å². The standard InChI is InChI=1S/C8H16ClNO2/c1-2-8(10,7(11)12)5-3-4-6-9/h2-6,10H2,1H3,(H,11,12)/t8-/m0/s1. The number of halogens is 1. The normalized spacial score (nSPS) is 15.6. The summed E-state index contributed by atoms with van der Waals surface area (Å²) in [6.45, 7) is 1.79. The molecule has 0 fully saturated rings. The monoisotopic (exact) mass is 193 g/mol. The van der Waals surface area contributed by atoms with Crippen LogP contribution in [0.25, 0.3) is 0 Å². The van der Waals surface area contributed by atoms with Gasteiger partial charge in [0.15, 0.2) is 0 Å². The van der Waals surface area contributed by atoms with Gasteiger partial charge in [-0.05, 0) is 25.7 Å². The SMILES string of the molecule is CC[C@](N)(CCCCCl)C(=O)O. The van der Waals surface area contributed by atoms with Crippen LogP contribution in [0.4, 0.5) is 0 Å². The molecule has 72 valence electrons. The highest BCUT2D eigenvalue weighted by Gasteiger charge is 2.30. The molecule has 0 heterocycles. The maximum absolute atomic E-state index is 10.7. The van der Waals surface area contributed by atoms with E-state index >= 15 is 0 Å². The summed E-state index contributed by atoms with van der Waals surface area (Å²) in [5, 5.41) is 8.77. The second-order valence-electron chi connectivity index (χ2n) is 2.96. The smallest absolute Gasteiger partial charge is 0.323 e. The van der Waals surface area contributed by atoms with Crippen molar-refractivity contribution in [2.24, 2.45) is 5.73 Å². The van der Waals surface area contributed by atoms with E-state index in [1.54, 1.807) is 6.92 Å². The van der Waals surface area contributed by atoms with Gasteiger partial charge in [-0.2, -0.15) is 0 Å². The van der Waals surface area contributed by atoms with E-state index in [1.165, 1.54) is 0 Å². The molecular formula is C8H16ClNO2. The van der Waals surface area contributed by atoms with Crippen LogP contribution < -0.4 is 5.73 Å². The molecule has 3 nitrogen and oxygen atoms in total. The second kappa shape index (κ2) is 5.38. The van der Waals surface area contributed by atoms with Crippen molar-refractivity contribution in [3.8, 4) is 0 Å². The average Bonchev–Trinajstić information content (AvgIpc) is 2.04. The summed E-state index contributed by atoms with van der Waals surface area (Å²) in [5.41, 5.74) is 4.59. The van der Waals surface area contributed by atoms with Crippen LogP contribution in [0.5, 0.6) is 0 Å². The summed E-state index contributed by atoms with van der Waals surface area (Å²) < 4.78 is 0. The van der Waals surface area contributed by atoms with Crippen molar-refractivity contribution in [2.45, 2.75) is 38.1 Å². The minimum atomic E-state index is -1.05. The van der Waals surface area contributed by atoms with E-state index in [-0.39, 0.29) is 0 Å². The highest BCUT2D eigenvalue weighted by atomic mass is 35.5. The van der Waals surface area contributed by atoms with Crippen molar-refractivity contribution in [2.75, 3.05) is 5.88 Å². The quantitative estimate of drug-likeness (QED) is 0.498. The molecule has 0 bridgehead atoms. The fourth-order valence-corrected chi connectivity index (χ4v) is 1.16. The molecule has 0 aliphatic carbocycles. The number of hydrogen-bond acceptors (Lipinski definition) is 2. The Morgan fingerprint density at radius 3 is 2.50 bits per heavy atom. The van der Waals surface area contributed by atoms with Crippen LogP contribution >= 0.6 is 11.6 Å². The van der Waals surface area contributed by atoms with Crippen LogP contribution in [-0.2, 0) is 4.79 Å². The predicted octanol–water partition coefficient (Wildman–Crippen LogP) is 1.59. The molecule has 3 N–H and O–H groups in total. The van der Waals surface area contributed by atoms with Crippen molar-refractivity contribution < 1.29 is 9.90 Å². The van der Waals surface area contributed by atoms with E-state index in [9.17, 15) is 4.79 Å². The maximum atomic E-state index is 10.7. The van der Waals surface area contributed by atoms with E-state index in [0.29, 0.717) is 18.7 Å². The molecule has 0 aromatic heterocycles. The minimum absolute atomic E-state index is 0.463. The van der Waals surface area contributed by atoms with Gasteiger partial charge in [0.2, 0.25) is 0 Å². The highest BCUT2D eigenvalue weighted by Crippen LogP contribution is 2.15. The second-order valence-corrected chi connectivity index (χ2v) is 3.34. The molecule has 4 heteroatoms. The molecule has 1 atom stereocenters. The van der Waals surface area contributed by atoms with Gasteiger partial charge in [0.05, 0.1) is 0 Å². The topological polar surface area (TPSA) is 63.3 Å². The van der Waals surface area contributed by atoms with E-state index in [4.69, 9.17) is 22.4 Å². The lowest BCUT2D eigenvalue weighted by molar-refractivity contribution is -0.143. The van der Waals surface area contributed by atoms with Gasteiger partial charge in [0, 0.05) is 5.88 Å². The van der Waals surface area contributed by atoms with Gasteiger partial charge < -0.3 is 10.8 Å². The molecule has 12 heavy (non-hydrogen) atoms. The van der Waals surface area contributed by atoms with E-state index in [1.807, 2.05) is 0 Å². The van der Waals surface area contributed by atoms with Crippen molar-refractivity contribution in [3.05, 3.63) is 0 Å². The zero-order valence-electron chi connectivity index (χ0n) is 7.35. The Balaban J connectivity index is 3.88. The van der Waals surface area contributed by atoms with Gasteiger partial charge in [0.1, 0.15) is 5.54 Å². The maximum Gasteiger partial charge on any atom is 0.323 e. The lowest BCUT2D eigenvalue weighted by Gasteiger charge is -2.22. The van der Waals surface area contributed by atoms with Gasteiger partial charge in [-0.1, -0.05) is 6.92 Å². The number of hydrogen-bond donors (Lipinski definition) is 2. The summed E-state index contributed by atoms with van der Waals surface area (Å²) in [7, 11) is 0. The Morgan fingerprint density at radius 1 is 1.58 bits per heavy atom. The molecule has 0 spiro atoms. The largest absolute Gasteiger partial charge is 0.480 e. The minimum Gasteiger partial charge on any atom is -0.480 e. The first-order valence-corrected chi connectivity index (χ1v) is 4.68. The van der Waals surface area contributed by atoms with Crippen molar-refractivity contribution in [1.29, 1.82) is 0 Å². The number of carbonyl (C=O) groups is 1. The highest BCUT2D eigenvalue weighted by molar-refractivity contribution is 6.17. The Morgan fingerprint density at radius 2 is 2.17 bits per heavy atom. The molecule has 0 aliphatic heterocycles. The van der Waals surface area contributed by atoms with Crippen LogP contribution in [0.2, 0.25) is 0 Å². The van der Waals surface area contributed by atoms with Gasteiger partial charge in [-0.25, -0.2) is 0 Å². The Labute approximate surface area is 77.9 Å². The molecule has 0 aromatic rings. The molecular weight excluding hydrogens is 178 g/mol. The molecule has 0 aliphatic rings. The number of nitrogens with two attached hydrogens (primary N) is 1. The first-order valence-electron chi connectivity index (χ1n) is 4.15. The van der Waals surface area contributed by atoms with Gasteiger partial charge in [-0.3, -0.25) is 4.79 Å². The molecule has 0 rings (SSSR count). The number of alkyl halides is 1. The number of carboxylic acids is 1. The van der Waals surface area contributed by atoms with E-state index < -0.39 is 11.5 Å². The number of aliphatic carboxylic acids is 1. The third-order valence-corrected chi connectivity index (χ3v) is 2.33. The molecule has 0 amide bonds. The van der Waals surface area contributed by atoms with E-state index in [2.05, 4.69) is 0 Å². The average molecular weight is 194 g/mol. The molecule has 0 saturated heterocycles. The summed E-state index contributed by atoms with van der Waals surface area (Å²) in [6.07, 6.45) is 2.57. The number of unbranched alkanes of at least 4 members (excludes halogenated alkanes) is 1. The summed E-state index contributed by atoms with van der Waals surface area (Å²) in [5.74, 6) is -0.348. The lowest BCUT2D eigenvalue weighted by atomic mass is 9.91. The molecule has 0 unspecified atom stereocenters. The van der Waals surface area contributed by atoms with E-state index in [0.717, 1.165) is 12.8 Å². The summed E-state index contributed by atoms with van der Waals surface area (Å²) in [4.78, 5) is 10.7. The Hall–Kier alpha value is -0.280. The number of rotatable bonds is 6. The summed E-state index contributed by atoms with van der Waals surface area (Å²) in [6, 6.07) is 0. The fraction of sp³-hybridized carbons (Fsp3) is 0.875.